The Labute approximate surface area is 61.9 Å². The largest absolute Gasteiger partial charge is 0.462 e. The molecule has 0 unspecified atom stereocenters. The van der Waals surface area contributed by atoms with Crippen LogP contribution >= 0.6 is 0 Å². The Morgan fingerprint density at radius 2 is 2.20 bits per heavy atom. The molecule has 0 spiro atoms. The van der Waals surface area contributed by atoms with E-state index in [1.54, 1.807) is 0 Å². The normalized spacial score (nSPS) is 10.2. The Hall–Kier alpha value is -0.790. The lowest BCUT2D eigenvalue weighted by molar-refractivity contribution is -0.139. The topological polar surface area (TPSA) is 26.3 Å². The third-order valence-corrected chi connectivity index (χ3v) is 1.00. The zero-order chi connectivity index (χ0) is 7.82. The van der Waals surface area contributed by atoms with E-state index in [4.69, 9.17) is 0 Å². The molecule has 58 valence electrons. The molecule has 0 atom stereocenters. The quantitative estimate of drug-likeness (QED) is 0.442. The second-order valence-electron chi connectivity index (χ2n) is 2.06. The second kappa shape index (κ2) is 6.33. The van der Waals surface area contributed by atoms with Crippen LogP contribution in [0.2, 0.25) is 0 Å². The molecule has 0 heterocycles. The van der Waals surface area contributed by atoms with E-state index in [-0.39, 0.29) is 5.97 Å². The third kappa shape index (κ3) is 7.21. The number of ether oxygens (including phenoxy) is 1. The predicted molar refractivity (Wildman–Crippen MR) is 40.7 cm³/mol. The van der Waals surface area contributed by atoms with Gasteiger partial charge < -0.3 is 4.74 Å². The zero-order valence-electron chi connectivity index (χ0n) is 6.59. The minimum absolute atomic E-state index is 0.221. The van der Waals surface area contributed by atoms with Crippen LogP contribution < -0.4 is 0 Å². The molecular formula is C8H14O2. The summed E-state index contributed by atoms with van der Waals surface area (Å²) in [5, 5.41) is 0. The van der Waals surface area contributed by atoms with E-state index in [0.29, 0.717) is 6.61 Å². The summed E-state index contributed by atoms with van der Waals surface area (Å²) >= 11 is 0. The van der Waals surface area contributed by atoms with Gasteiger partial charge in [0.25, 0.3) is 0 Å². The van der Waals surface area contributed by atoms with Crippen molar-refractivity contribution in [3.63, 3.8) is 0 Å². The van der Waals surface area contributed by atoms with Gasteiger partial charge in [0.2, 0.25) is 0 Å². The maximum atomic E-state index is 10.2. The average molecular weight is 142 g/mol. The molecule has 0 aromatic carbocycles. The summed E-state index contributed by atoms with van der Waals surface area (Å²) in [6, 6.07) is 0. The fourth-order valence-electron chi connectivity index (χ4n) is 0.518. The highest BCUT2D eigenvalue weighted by Crippen LogP contribution is 1.88. The van der Waals surface area contributed by atoms with E-state index in [0.717, 1.165) is 12.8 Å². The molecule has 0 N–H and O–H groups in total. The molecular weight excluding hydrogens is 128 g/mol. The molecule has 0 aromatic rings. The number of hydrogen-bond acceptors (Lipinski definition) is 2. The summed E-state index contributed by atoms with van der Waals surface area (Å²) in [6.45, 7) is 3.93. The Bertz CT molecular complexity index is 116. The van der Waals surface area contributed by atoms with Crippen LogP contribution in [0.5, 0.6) is 0 Å². The van der Waals surface area contributed by atoms with Crippen molar-refractivity contribution < 1.29 is 9.53 Å². The van der Waals surface area contributed by atoms with Gasteiger partial charge in [-0.1, -0.05) is 25.5 Å². The van der Waals surface area contributed by atoms with Gasteiger partial charge in [0.1, 0.15) is 6.61 Å². The molecule has 0 bridgehead atoms. The molecule has 0 fully saturated rings. The van der Waals surface area contributed by atoms with Crippen LogP contribution in [0.25, 0.3) is 0 Å². The molecule has 0 aromatic heterocycles. The fraction of sp³-hybridized carbons (Fsp3) is 0.625. The zero-order valence-corrected chi connectivity index (χ0v) is 6.59. The van der Waals surface area contributed by atoms with Crippen molar-refractivity contribution in [3.05, 3.63) is 12.2 Å². The van der Waals surface area contributed by atoms with Crippen LogP contribution in [0.4, 0.5) is 0 Å². The lowest BCUT2D eigenvalue weighted by Gasteiger charge is -1.93. The van der Waals surface area contributed by atoms with Gasteiger partial charge in [-0.25, -0.2) is 0 Å². The van der Waals surface area contributed by atoms with Crippen molar-refractivity contribution in [3.8, 4) is 0 Å². The van der Waals surface area contributed by atoms with Gasteiger partial charge in [-0.05, 0) is 6.42 Å². The van der Waals surface area contributed by atoms with Crippen molar-refractivity contribution in [1.82, 2.24) is 0 Å². The summed E-state index contributed by atoms with van der Waals surface area (Å²) in [7, 11) is 0. The Kier molecular flexibility index (Phi) is 5.83. The van der Waals surface area contributed by atoms with Crippen LogP contribution in [-0.2, 0) is 9.53 Å². The van der Waals surface area contributed by atoms with Gasteiger partial charge in [-0.15, -0.1) is 0 Å². The number of carbonyl (C=O) groups excluding carboxylic acids is 1. The maximum Gasteiger partial charge on any atom is 0.302 e. The highest BCUT2D eigenvalue weighted by Gasteiger charge is 1.85. The first-order chi connectivity index (χ1) is 4.77. The van der Waals surface area contributed by atoms with Crippen molar-refractivity contribution in [1.29, 1.82) is 0 Å². The van der Waals surface area contributed by atoms with Crippen LogP contribution in [-0.4, -0.2) is 12.6 Å². The number of rotatable bonds is 4. The van der Waals surface area contributed by atoms with Crippen molar-refractivity contribution in [2.75, 3.05) is 6.61 Å². The minimum atomic E-state index is -0.221. The number of esters is 1. The number of hydrogen-bond donors (Lipinski definition) is 0. The number of unbranched alkanes of at least 4 members (excludes halogenated alkanes) is 1. The number of carbonyl (C=O) groups is 1. The molecule has 0 rings (SSSR count). The van der Waals surface area contributed by atoms with Gasteiger partial charge in [-0.3, -0.25) is 4.79 Å². The molecule has 0 radical (unpaired) electrons. The smallest absolute Gasteiger partial charge is 0.302 e. The lowest BCUT2D eigenvalue weighted by Crippen LogP contribution is -1.97. The molecule has 0 amide bonds. The average Bonchev–Trinajstić information content (AvgIpc) is 1.87. The van der Waals surface area contributed by atoms with Gasteiger partial charge >= 0.3 is 5.97 Å². The Balaban J connectivity index is 3.10. The highest BCUT2D eigenvalue weighted by atomic mass is 16.5. The van der Waals surface area contributed by atoms with E-state index in [9.17, 15) is 4.79 Å². The fourth-order valence-corrected chi connectivity index (χ4v) is 0.518. The first kappa shape index (κ1) is 9.21. The standard InChI is InChI=1S/C8H14O2/c1-3-4-5-6-7-10-8(2)9/h5-6H,3-4,7H2,1-2H3/b6-5+. The van der Waals surface area contributed by atoms with Gasteiger partial charge in [-0.2, -0.15) is 0 Å². The van der Waals surface area contributed by atoms with E-state index < -0.39 is 0 Å². The van der Waals surface area contributed by atoms with Crippen LogP contribution in [0, 0.1) is 0 Å². The van der Waals surface area contributed by atoms with Gasteiger partial charge in [0, 0.05) is 6.92 Å². The molecule has 0 aliphatic carbocycles. The Morgan fingerprint density at radius 3 is 2.70 bits per heavy atom. The van der Waals surface area contributed by atoms with Crippen LogP contribution in [0.3, 0.4) is 0 Å². The molecule has 0 aliphatic rings. The van der Waals surface area contributed by atoms with Crippen molar-refractivity contribution >= 4 is 5.97 Å². The second-order valence-corrected chi connectivity index (χ2v) is 2.06. The summed E-state index contributed by atoms with van der Waals surface area (Å²) < 4.78 is 4.66. The van der Waals surface area contributed by atoms with Crippen LogP contribution in [0.15, 0.2) is 12.2 Å². The van der Waals surface area contributed by atoms with Gasteiger partial charge in [0.15, 0.2) is 0 Å². The van der Waals surface area contributed by atoms with Gasteiger partial charge in [0.05, 0.1) is 0 Å². The maximum absolute atomic E-state index is 10.2. The van der Waals surface area contributed by atoms with Crippen LogP contribution in [0.1, 0.15) is 26.7 Å². The summed E-state index contributed by atoms with van der Waals surface area (Å²) in [4.78, 5) is 10.2. The van der Waals surface area contributed by atoms with E-state index >= 15 is 0 Å². The summed E-state index contributed by atoms with van der Waals surface area (Å²) in [5.74, 6) is -0.221. The molecule has 2 heteroatoms. The van der Waals surface area contributed by atoms with E-state index in [2.05, 4.69) is 11.7 Å². The predicted octanol–water partition coefficient (Wildman–Crippen LogP) is 1.91. The molecule has 10 heavy (non-hydrogen) atoms. The highest BCUT2D eigenvalue weighted by molar-refractivity contribution is 5.65. The third-order valence-electron chi connectivity index (χ3n) is 1.00. The SMILES string of the molecule is CCC/C=C/COC(C)=O. The number of allylic oxidation sites excluding steroid dienone is 1. The van der Waals surface area contributed by atoms with E-state index in [1.807, 2.05) is 12.2 Å². The molecule has 0 saturated heterocycles. The molecule has 0 aliphatic heterocycles. The Morgan fingerprint density at radius 1 is 1.50 bits per heavy atom. The van der Waals surface area contributed by atoms with E-state index in [1.165, 1.54) is 6.92 Å². The first-order valence-corrected chi connectivity index (χ1v) is 3.55. The van der Waals surface area contributed by atoms with Crippen molar-refractivity contribution in [2.24, 2.45) is 0 Å². The first-order valence-electron chi connectivity index (χ1n) is 3.55. The lowest BCUT2D eigenvalue weighted by atomic mass is 10.3. The minimum Gasteiger partial charge on any atom is -0.462 e. The molecule has 2 nitrogen and oxygen atoms in total. The van der Waals surface area contributed by atoms with Crippen molar-refractivity contribution in [2.45, 2.75) is 26.7 Å². The molecule has 0 saturated carbocycles. The summed E-state index contributed by atoms with van der Waals surface area (Å²) in [6.07, 6.45) is 6.08. The monoisotopic (exact) mass is 142 g/mol. The summed E-state index contributed by atoms with van der Waals surface area (Å²) in [5.41, 5.74) is 0.